The number of fused-ring (bicyclic) bond motifs is 1. The van der Waals surface area contributed by atoms with Gasteiger partial charge in [0, 0.05) is 24.4 Å². The van der Waals surface area contributed by atoms with Crippen LogP contribution in [0.5, 0.6) is 5.75 Å². The lowest BCUT2D eigenvalue weighted by molar-refractivity contribution is -0.118. The van der Waals surface area contributed by atoms with Gasteiger partial charge in [0.2, 0.25) is 0 Å². The molecule has 0 spiro atoms. The Bertz CT molecular complexity index is 1150. The fraction of sp³-hybridized carbons (Fsp3) is 0.385. The van der Waals surface area contributed by atoms with Crippen LogP contribution in [0.1, 0.15) is 45.1 Å². The number of hydrogen-bond donors (Lipinski definition) is 1. The average Bonchev–Trinajstić information content (AvgIpc) is 2.80. The van der Waals surface area contributed by atoms with E-state index in [1.54, 1.807) is 27.2 Å². The van der Waals surface area contributed by atoms with E-state index in [2.05, 4.69) is 4.98 Å². The van der Waals surface area contributed by atoms with Gasteiger partial charge < -0.3 is 9.63 Å². The van der Waals surface area contributed by atoms with Crippen LogP contribution in [0.15, 0.2) is 54.7 Å². The minimum Gasteiger partial charge on any atom is -0.497 e. The third kappa shape index (κ3) is 7.47. The van der Waals surface area contributed by atoms with Crippen LogP contribution in [-0.2, 0) is 24.8 Å². The second kappa shape index (κ2) is 12.2. The number of hydrogen-bond acceptors (Lipinski definition) is 6. The lowest BCUT2D eigenvalue weighted by Crippen LogP contribution is -2.06. The van der Waals surface area contributed by atoms with E-state index in [0.29, 0.717) is 25.7 Å². The van der Waals surface area contributed by atoms with Crippen molar-refractivity contribution in [3.05, 3.63) is 60.3 Å². The van der Waals surface area contributed by atoms with Gasteiger partial charge in [0.05, 0.1) is 25.3 Å². The molecule has 1 unspecified atom stereocenters. The number of carbonyl (C=O) groups is 1. The summed E-state index contributed by atoms with van der Waals surface area (Å²) >= 11 is 0. The lowest BCUT2D eigenvalue weighted by atomic mass is 9.93. The zero-order chi connectivity index (χ0) is 24.6. The van der Waals surface area contributed by atoms with Crippen LogP contribution >= 0.6 is 7.82 Å². The van der Waals surface area contributed by atoms with E-state index in [1.807, 2.05) is 48.5 Å². The van der Waals surface area contributed by atoms with Crippen molar-refractivity contribution in [3.8, 4) is 16.9 Å². The summed E-state index contributed by atoms with van der Waals surface area (Å²) in [5, 5.41) is 0.949. The van der Waals surface area contributed by atoms with Gasteiger partial charge in [-0.2, -0.15) is 0 Å². The van der Waals surface area contributed by atoms with Gasteiger partial charge in [0.25, 0.3) is 0 Å². The Morgan fingerprint density at radius 1 is 1.09 bits per heavy atom. The zero-order valence-corrected chi connectivity index (χ0v) is 20.8. The summed E-state index contributed by atoms with van der Waals surface area (Å²) in [6.07, 6.45) is 4.07. The maximum atomic E-state index is 12.8. The Hall–Kier alpha value is -2.57. The fourth-order valence-electron chi connectivity index (χ4n) is 3.80. The third-order valence-electron chi connectivity index (χ3n) is 5.30. The first-order valence-electron chi connectivity index (χ1n) is 11.5. The highest BCUT2D eigenvalue weighted by Crippen LogP contribution is 2.44. The molecule has 8 heteroatoms. The zero-order valence-electron chi connectivity index (χ0n) is 19.9. The molecule has 0 saturated carbocycles. The molecule has 1 heterocycles. The van der Waals surface area contributed by atoms with Crippen molar-refractivity contribution < 1.29 is 28.0 Å². The molecule has 0 aliphatic carbocycles. The summed E-state index contributed by atoms with van der Waals surface area (Å²) in [7, 11) is -2.38. The summed E-state index contributed by atoms with van der Waals surface area (Å²) in [4.78, 5) is 26.9. The van der Waals surface area contributed by atoms with Gasteiger partial charge in [0.1, 0.15) is 11.5 Å². The number of carbonyl (C=O) groups excluding carboxylic acids is 1. The van der Waals surface area contributed by atoms with Crippen LogP contribution < -0.4 is 4.74 Å². The molecule has 0 aliphatic heterocycles. The second-order valence-corrected chi connectivity index (χ2v) is 9.80. The van der Waals surface area contributed by atoms with Crippen molar-refractivity contribution >= 4 is 24.5 Å². The normalized spacial score (nSPS) is 13.2. The molecule has 0 aliphatic rings. The van der Waals surface area contributed by atoms with Gasteiger partial charge in [-0.05, 0) is 61.6 Å². The number of benzene rings is 2. The Balaban J connectivity index is 1.63. The standard InChI is InChI=1S/C26H32NO6P/c1-19(2)33-34(29,30)32-15-9-5-8-12-22(28)16-21-18-27-25-14-13-23(31-3)17-24(25)26(21)20-10-6-4-7-11-20/h4,6-7,10-11,13-14,17-19H,5,8-9,12,15-16H2,1-3H3,(H,29,30). The van der Waals surface area contributed by atoms with Crippen molar-refractivity contribution in [2.75, 3.05) is 13.7 Å². The molecule has 0 saturated heterocycles. The Kier molecular flexibility index (Phi) is 9.36. The summed E-state index contributed by atoms with van der Waals surface area (Å²) in [5.74, 6) is 0.863. The van der Waals surface area contributed by atoms with E-state index >= 15 is 0 Å². The van der Waals surface area contributed by atoms with Crippen molar-refractivity contribution in [2.45, 2.75) is 52.1 Å². The average molecular weight is 486 g/mol. The molecule has 7 nitrogen and oxygen atoms in total. The van der Waals surface area contributed by atoms with E-state index in [9.17, 15) is 14.3 Å². The van der Waals surface area contributed by atoms with Gasteiger partial charge in [-0.25, -0.2) is 4.57 Å². The first-order valence-corrected chi connectivity index (χ1v) is 13.0. The molecule has 1 N–H and O–H groups in total. The van der Waals surface area contributed by atoms with E-state index in [4.69, 9.17) is 13.8 Å². The number of nitrogens with zero attached hydrogens (tertiary/aromatic N) is 1. The molecule has 1 atom stereocenters. The molecule has 0 bridgehead atoms. The number of ether oxygens (including phenoxy) is 1. The number of unbranched alkanes of at least 4 members (excludes halogenated alkanes) is 2. The lowest BCUT2D eigenvalue weighted by Gasteiger charge is -2.14. The predicted octanol–water partition coefficient (Wildman–Crippen LogP) is 6.12. The van der Waals surface area contributed by atoms with Crippen LogP contribution in [0.2, 0.25) is 0 Å². The molecule has 3 aromatic rings. The number of phosphoric ester groups is 1. The van der Waals surface area contributed by atoms with Crippen molar-refractivity contribution in [1.82, 2.24) is 4.98 Å². The van der Waals surface area contributed by atoms with E-state index in [1.165, 1.54) is 0 Å². The van der Waals surface area contributed by atoms with Crippen LogP contribution in [0.3, 0.4) is 0 Å². The molecule has 0 fully saturated rings. The number of phosphoric acid groups is 1. The second-order valence-electron chi connectivity index (χ2n) is 8.39. The number of pyridine rings is 1. The number of rotatable bonds is 13. The molecule has 0 radical (unpaired) electrons. The maximum absolute atomic E-state index is 12.8. The minimum atomic E-state index is -4.01. The van der Waals surface area contributed by atoms with E-state index in [-0.39, 0.29) is 24.9 Å². The molecule has 34 heavy (non-hydrogen) atoms. The molecular formula is C26H32NO6P. The molecule has 3 rings (SSSR count). The number of methoxy groups -OCH3 is 1. The number of aromatic nitrogens is 1. The largest absolute Gasteiger partial charge is 0.497 e. The highest BCUT2D eigenvalue weighted by molar-refractivity contribution is 7.47. The van der Waals surface area contributed by atoms with Gasteiger partial charge in [0.15, 0.2) is 0 Å². The van der Waals surface area contributed by atoms with Gasteiger partial charge >= 0.3 is 7.82 Å². The summed E-state index contributed by atoms with van der Waals surface area (Å²) in [6.45, 7) is 3.45. The SMILES string of the molecule is COc1ccc2ncc(CC(=O)CCCCCOP(=O)(O)OC(C)C)c(-c3ccccc3)c2c1. The number of Topliss-reactive ketones (excluding diaryl/α,β-unsaturated/α-hetero) is 1. The summed E-state index contributed by atoms with van der Waals surface area (Å²) in [6, 6.07) is 15.7. The first-order chi connectivity index (χ1) is 16.3. The maximum Gasteiger partial charge on any atom is 0.472 e. The van der Waals surface area contributed by atoms with E-state index in [0.717, 1.165) is 33.3 Å². The monoisotopic (exact) mass is 485 g/mol. The van der Waals surface area contributed by atoms with Crippen LogP contribution in [-0.4, -0.2) is 35.5 Å². The molecule has 1 aromatic heterocycles. The molecule has 2 aromatic carbocycles. The first kappa shape index (κ1) is 26.0. The quantitative estimate of drug-likeness (QED) is 0.230. The minimum absolute atomic E-state index is 0.114. The molecule has 182 valence electrons. The summed E-state index contributed by atoms with van der Waals surface area (Å²) < 4.78 is 26.9. The van der Waals surface area contributed by atoms with Crippen molar-refractivity contribution in [2.24, 2.45) is 0 Å². The number of ketones is 1. The van der Waals surface area contributed by atoms with Crippen LogP contribution in [0.4, 0.5) is 0 Å². The van der Waals surface area contributed by atoms with Gasteiger partial charge in [-0.3, -0.25) is 18.8 Å². The summed E-state index contributed by atoms with van der Waals surface area (Å²) in [5.41, 5.74) is 3.75. The smallest absolute Gasteiger partial charge is 0.472 e. The highest BCUT2D eigenvalue weighted by Gasteiger charge is 2.22. The van der Waals surface area contributed by atoms with E-state index < -0.39 is 7.82 Å². The van der Waals surface area contributed by atoms with Crippen LogP contribution in [0, 0.1) is 0 Å². The van der Waals surface area contributed by atoms with Gasteiger partial charge in [-0.1, -0.05) is 36.8 Å². The third-order valence-corrected chi connectivity index (χ3v) is 6.50. The topological polar surface area (TPSA) is 95.0 Å². The van der Waals surface area contributed by atoms with Gasteiger partial charge in [-0.15, -0.1) is 0 Å². The Morgan fingerprint density at radius 3 is 2.56 bits per heavy atom. The Morgan fingerprint density at radius 2 is 1.85 bits per heavy atom. The predicted molar refractivity (Wildman–Crippen MR) is 133 cm³/mol. The highest BCUT2D eigenvalue weighted by atomic mass is 31.2. The van der Waals surface area contributed by atoms with Crippen molar-refractivity contribution in [3.63, 3.8) is 0 Å². The van der Waals surface area contributed by atoms with Crippen LogP contribution in [0.25, 0.3) is 22.0 Å². The Labute approximate surface area is 200 Å². The molecule has 0 amide bonds. The fourth-order valence-corrected chi connectivity index (χ4v) is 4.75. The van der Waals surface area contributed by atoms with Crippen molar-refractivity contribution in [1.29, 1.82) is 0 Å². The molecular weight excluding hydrogens is 453 g/mol.